The first kappa shape index (κ1) is 12.4. The molecule has 0 aromatic rings. The Kier molecular flexibility index (Phi) is 4.66. The molecule has 0 aliphatic carbocycles. The third-order valence-electron chi connectivity index (χ3n) is 4.48. The molecular formula is C14H28N2. The smallest absolute Gasteiger partial charge is 0.0108 e. The maximum Gasteiger partial charge on any atom is 0.0108 e. The molecule has 2 aliphatic heterocycles. The van der Waals surface area contributed by atoms with E-state index in [1.807, 2.05) is 0 Å². The maximum absolute atomic E-state index is 3.69. The molecule has 0 aromatic carbocycles. The molecule has 2 heteroatoms. The van der Waals surface area contributed by atoms with Crippen LogP contribution < -0.4 is 5.32 Å². The van der Waals surface area contributed by atoms with E-state index in [0.717, 1.165) is 17.9 Å². The fourth-order valence-electron chi connectivity index (χ4n) is 3.27. The van der Waals surface area contributed by atoms with Gasteiger partial charge in [0.25, 0.3) is 0 Å². The predicted molar refractivity (Wildman–Crippen MR) is 69.6 cm³/mol. The van der Waals surface area contributed by atoms with Crippen molar-refractivity contribution in [3.8, 4) is 0 Å². The van der Waals surface area contributed by atoms with Gasteiger partial charge < -0.3 is 10.2 Å². The molecule has 94 valence electrons. The monoisotopic (exact) mass is 224 g/mol. The van der Waals surface area contributed by atoms with Crippen molar-refractivity contribution in [2.75, 3.05) is 26.2 Å². The number of hydrogen-bond acceptors (Lipinski definition) is 2. The van der Waals surface area contributed by atoms with E-state index in [1.54, 1.807) is 0 Å². The van der Waals surface area contributed by atoms with Gasteiger partial charge in [-0.05, 0) is 50.6 Å². The molecule has 0 amide bonds. The third kappa shape index (κ3) is 3.21. The highest BCUT2D eigenvalue weighted by Gasteiger charge is 2.29. The molecule has 1 N–H and O–H groups in total. The van der Waals surface area contributed by atoms with Crippen molar-refractivity contribution in [2.24, 2.45) is 11.8 Å². The molecule has 2 nitrogen and oxygen atoms in total. The first-order chi connectivity index (χ1) is 7.79. The summed E-state index contributed by atoms with van der Waals surface area (Å²) in [5.74, 6) is 1.80. The summed E-state index contributed by atoms with van der Waals surface area (Å²) in [5.41, 5.74) is 0. The van der Waals surface area contributed by atoms with E-state index >= 15 is 0 Å². The molecule has 16 heavy (non-hydrogen) atoms. The zero-order valence-electron chi connectivity index (χ0n) is 11.0. The maximum atomic E-state index is 3.69. The Bertz CT molecular complexity index is 199. The quantitative estimate of drug-likeness (QED) is 0.789. The van der Waals surface area contributed by atoms with Crippen LogP contribution >= 0.6 is 0 Å². The van der Waals surface area contributed by atoms with Crippen molar-refractivity contribution in [2.45, 2.75) is 52.0 Å². The predicted octanol–water partition coefficient (Wildman–Crippen LogP) is 2.50. The highest BCUT2D eigenvalue weighted by molar-refractivity contribution is 4.86. The zero-order valence-corrected chi connectivity index (χ0v) is 11.0. The van der Waals surface area contributed by atoms with Crippen LogP contribution in [0.4, 0.5) is 0 Å². The van der Waals surface area contributed by atoms with Gasteiger partial charge in [0.15, 0.2) is 0 Å². The van der Waals surface area contributed by atoms with E-state index in [-0.39, 0.29) is 0 Å². The molecule has 2 fully saturated rings. The second-order valence-electron chi connectivity index (χ2n) is 5.88. The fraction of sp³-hybridized carbons (Fsp3) is 1.00. The normalized spacial score (nSPS) is 34.1. The van der Waals surface area contributed by atoms with Crippen LogP contribution in [0, 0.1) is 11.8 Å². The fourth-order valence-corrected chi connectivity index (χ4v) is 3.27. The van der Waals surface area contributed by atoms with Crippen molar-refractivity contribution in [1.29, 1.82) is 0 Å². The number of rotatable bonds is 4. The van der Waals surface area contributed by atoms with Gasteiger partial charge in [0, 0.05) is 19.1 Å². The summed E-state index contributed by atoms with van der Waals surface area (Å²) in [6.07, 6.45) is 7.01. The summed E-state index contributed by atoms with van der Waals surface area (Å²) < 4.78 is 0. The molecule has 0 aromatic heterocycles. The van der Waals surface area contributed by atoms with Gasteiger partial charge >= 0.3 is 0 Å². The largest absolute Gasteiger partial charge is 0.314 e. The topological polar surface area (TPSA) is 15.3 Å². The van der Waals surface area contributed by atoms with E-state index in [9.17, 15) is 0 Å². The van der Waals surface area contributed by atoms with Gasteiger partial charge in [-0.25, -0.2) is 0 Å². The van der Waals surface area contributed by atoms with Crippen molar-refractivity contribution in [3.05, 3.63) is 0 Å². The Labute approximate surface area is 101 Å². The van der Waals surface area contributed by atoms with Gasteiger partial charge in [-0.1, -0.05) is 20.3 Å². The summed E-state index contributed by atoms with van der Waals surface area (Å²) in [7, 11) is 0. The lowest BCUT2D eigenvalue weighted by Crippen LogP contribution is -2.44. The lowest BCUT2D eigenvalue weighted by Gasteiger charge is -2.37. The molecule has 0 spiro atoms. The second kappa shape index (κ2) is 6.02. The van der Waals surface area contributed by atoms with Crippen molar-refractivity contribution < 1.29 is 0 Å². The lowest BCUT2D eigenvalue weighted by molar-refractivity contribution is 0.135. The minimum Gasteiger partial charge on any atom is -0.314 e. The van der Waals surface area contributed by atoms with Crippen LogP contribution in [0.3, 0.4) is 0 Å². The van der Waals surface area contributed by atoms with Gasteiger partial charge in [0.1, 0.15) is 0 Å². The Morgan fingerprint density at radius 3 is 2.88 bits per heavy atom. The first-order valence-corrected chi connectivity index (χ1v) is 7.25. The average Bonchev–Trinajstić information content (AvgIpc) is 2.83. The first-order valence-electron chi connectivity index (χ1n) is 7.25. The van der Waals surface area contributed by atoms with Crippen LogP contribution in [0.1, 0.15) is 46.0 Å². The summed E-state index contributed by atoms with van der Waals surface area (Å²) >= 11 is 0. The second-order valence-corrected chi connectivity index (χ2v) is 5.88. The summed E-state index contributed by atoms with van der Waals surface area (Å²) in [6.45, 7) is 9.96. The van der Waals surface area contributed by atoms with Crippen LogP contribution in [0.5, 0.6) is 0 Å². The number of nitrogens with zero attached hydrogens (tertiary/aromatic N) is 1. The van der Waals surface area contributed by atoms with Gasteiger partial charge in [-0.3, -0.25) is 0 Å². The minimum absolute atomic E-state index is 0.833. The minimum atomic E-state index is 0.833. The molecule has 2 saturated heterocycles. The van der Waals surface area contributed by atoms with Crippen LogP contribution in [-0.4, -0.2) is 37.1 Å². The van der Waals surface area contributed by atoms with Gasteiger partial charge in [-0.15, -0.1) is 0 Å². The number of hydrogen-bond donors (Lipinski definition) is 1. The summed E-state index contributed by atoms with van der Waals surface area (Å²) in [5, 5.41) is 3.69. The average molecular weight is 224 g/mol. The molecule has 0 saturated carbocycles. The molecule has 3 atom stereocenters. The van der Waals surface area contributed by atoms with Crippen LogP contribution in [0.25, 0.3) is 0 Å². The molecular weight excluding hydrogens is 196 g/mol. The zero-order chi connectivity index (χ0) is 11.4. The number of piperidine rings is 1. The highest BCUT2D eigenvalue weighted by Crippen LogP contribution is 2.25. The van der Waals surface area contributed by atoms with Gasteiger partial charge in [-0.2, -0.15) is 0 Å². The van der Waals surface area contributed by atoms with E-state index in [4.69, 9.17) is 0 Å². The lowest BCUT2D eigenvalue weighted by atomic mass is 9.89. The van der Waals surface area contributed by atoms with E-state index in [0.29, 0.717) is 0 Å². The third-order valence-corrected chi connectivity index (χ3v) is 4.48. The van der Waals surface area contributed by atoms with Crippen LogP contribution in [0.15, 0.2) is 0 Å². The highest BCUT2D eigenvalue weighted by atomic mass is 15.1. The molecule has 0 bridgehead atoms. The summed E-state index contributed by atoms with van der Waals surface area (Å²) in [6, 6.07) is 0.833. The Balaban J connectivity index is 1.79. The van der Waals surface area contributed by atoms with E-state index in [1.165, 1.54) is 58.3 Å². The Morgan fingerprint density at radius 2 is 2.19 bits per heavy atom. The Morgan fingerprint density at radius 1 is 1.31 bits per heavy atom. The molecule has 0 radical (unpaired) electrons. The molecule has 2 heterocycles. The molecule has 3 unspecified atom stereocenters. The van der Waals surface area contributed by atoms with Gasteiger partial charge in [0.2, 0.25) is 0 Å². The summed E-state index contributed by atoms with van der Waals surface area (Å²) in [4.78, 5) is 2.71. The standard InChI is InChI=1S/C14H28N2/c1-3-12(2)10-16-9-5-6-13(11-16)14-7-4-8-15-14/h12-15H,3-11H2,1-2H3. The van der Waals surface area contributed by atoms with Crippen molar-refractivity contribution in [1.82, 2.24) is 10.2 Å². The van der Waals surface area contributed by atoms with E-state index < -0.39 is 0 Å². The number of likely N-dealkylation sites (tertiary alicyclic amines) is 1. The number of nitrogens with one attached hydrogen (secondary N) is 1. The van der Waals surface area contributed by atoms with Gasteiger partial charge in [0.05, 0.1) is 0 Å². The van der Waals surface area contributed by atoms with Crippen LogP contribution in [-0.2, 0) is 0 Å². The van der Waals surface area contributed by atoms with Crippen molar-refractivity contribution in [3.63, 3.8) is 0 Å². The SMILES string of the molecule is CCC(C)CN1CCCC(C2CCCN2)C1. The van der Waals surface area contributed by atoms with Crippen LogP contribution in [0.2, 0.25) is 0 Å². The Hall–Kier alpha value is -0.0800. The van der Waals surface area contributed by atoms with E-state index in [2.05, 4.69) is 24.1 Å². The van der Waals surface area contributed by atoms with Crippen molar-refractivity contribution >= 4 is 0 Å². The molecule has 2 rings (SSSR count). The molecule has 2 aliphatic rings.